The van der Waals surface area contributed by atoms with Gasteiger partial charge in [0, 0.05) is 0 Å². The molecule has 20 heavy (non-hydrogen) atoms. The molecule has 0 aliphatic carbocycles. The van der Waals surface area contributed by atoms with Gasteiger partial charge in [-0.25, -0.2) is 0 Å². The highest BCUT2D eigenvalue weighted by Gasteiger charge is 2.06. The van der Waals surface area contributed by atoms with Gasteiger partial charge in [-0.15, -0.1) is 0 Å². The summed E-state index contributed by atoms with van der Waals surface area (Å²) >= 11 is 0. The summed E-state index contributed by atoms with van der Waals surface area (Å²) < 4.78 is 5.75. The Balaban J connectivity index is 2.29. The van der Waals surface area contributed by atoms with Crippen molar-refractivity contribution in [2.24, 2.45) is 0 Å². The molecule has 0 spiro atoms. The van der Waals surface area contributed by atoms with Gasteiger partial charge in [0.15, 0.2) is 0 Å². The number of ether oxygens (including phenoxy) is 1. The minimum Gasteiger partial charge on any atom is -0.457 e. The number of nitrogens with zero attached hydrogens (tertiary/aromatic N) is 2. The van der Waals surface area contributed by atoms with Crippen molar-refractivity contribution in [1.29, 1.82) is 10.5 Å². The van der Waals surface area contributed by atoms with Gasteiger partial charge in [-0.05, 0) is 41.8 Å². The highest BCUT2D eigenvalue weighted by molar-refractivity contribution is 5.50. The minimum absolute atomic E-state index is 0.324. The molecule has 0 saturated carbocycles. The molecule has 0 N–H and O–H groups in total. The van der Waals surface area contributed by atoms with E-state index in [4.69, 9.17) is 15.3 Å². The quantitative estimate of drug-likeness (QED) is 0.826. The van der Waals surface area contributed by atoms with Crippen molar-refractivity contribution < 1.29 is 4.74 Å². The van der Waals surface area contributed by atoms with Gasteiger partial charge in [0.2, 0.25) is 0 Å². The number of benzene rings is 2. The van der Waals surface area contributed by atoms with Crippen LogP contribution in [-0.4, -0.2) is 0 Å². The smallest absolute Gasteiger partial charge is 0.128 e. The predicted octanol–water partition coefficient (Wildman–Crippen LogP) is 4.35. The number of rotatable bonds is 3. The van der Waals surface area contributed by atoms with E-state index in [0.29, 0.717) is 22.8 Å². The molecule has 3 nitrogen and oxygen atoms in total. The average Bonchev–Trinajstić information content (AvgIpc) is 2.47. The number of hydrogen-bond acceptors (Lipinski definition) is 3. The Morgan fingerprint density at radius 3 is 2.25 bits per heavy atom. The van der Waals surface area contributed by atoms with Crippen LogP contribution in [0, 0.1) is 22.7 Å². The summed E-state index contributed by atoms with van der Waals surface area (Å²) in [7, 11) is 0. The molecule has 0 amide bonds. The minimum atomic E-state index is 0.324. The van der Waals surface area contributed by atoms with Gasteiger partial charge in [-0.1, -0.05) is 26.0 Å². The molecule has 2 aromatic rings. The number of nitriles is 2. The van der Waals surface area contributed by atoms with E-state index in [1.807, 2.05) is 30.3 Å². The molecule has 0 bridgehead atoms. The fourth-order valence-electron chi connectivity index (χ4n) is 1.85. The van der Waals surface area contributed by atoms with E-state index >= 15 is 0 Å². The van der Waals surface area contributed by atoms with Crippen LogP contribution >= 0.6 is 0 Å². The summed E-state index contributed by atoms with van der Waals surface area (Å²) in [6.45, 7) is 4.24. The van der Waals surface area contributed by atoms with Crippen LogP contribution in [0.5, 0.6) is 11.5 Å². The Bertz CT molecular complexity index is 706. The lowest BCUT2D eigenvalue weighted by Crippen LogP contribution is -1.91. The van der Waals surface area contributed by atoms with Gasteiger partial charge in [0.1, 0.15) is 23.6 Å². The van der Waals surface area contributed by atoms with Crippen LogP contribution < -0.4 is 4.74 Å². The SMILES string of the molecule is CC(C)c1cccc(Oc2ccc(C#N)c(C#N)c2)c1. The van der Waals surface area contributed by atoms with Gasteiger partial charge in [-0.2, -0.15) is 10.5 Å². The van der Waals surface area contributed by atoms with Gasteiger partial charge in [0.25, 0.3) is 0 Å². The van der Waals surface area contributed by atoms with Gasteiger partial charge in [0.05, 0.1) is 11.1 Å². The summed E-state index contributed by atoms with van der Waals surface area (Å²) in [6, 6.07) is 16.7. The summed E-state index contributed by atoms with van der Waals surface area (Å²) in [5, 5.41) is 17.9. The molecule has 0 saturated heterocycles. The molecule has 0 aliphatic heterocycles. The Kier molecular flexibility index (Phi) is 4.03. The Morgan fingerprint density at radius 2 is 1.60 bits per heavy atom. The Hall–Kier alpha value is -2.78. The van der Waals surface area contributed by atoms with Crippen LogP contribution in [0.4, 0.5) is 0 Å². The third-order valence-electron chi connectivity index (χ3n) is 2.99. The first-order valence-corrected chi connectivity index (χ1v) is 6.36. The number of hydrogen-bond donors (Lipinski definition) is 0. The monoisotopic (exact) mass is 262 g/mol. The van der Waals surface area contributed by atoms with Crippen molar-refractivity contribution in [3.63, 3.8) is 0 Å². The molecule has 3 heteroatoms. The second-order valence-electron chi connectivity index (χ2n) is 4.76. The maximum absolute atomic E-state index is 9.00. The average molecular weight is 262 g/mol. The maximum atomic E-state index is 9.00. The standard InChI is InChI=1S/C17H14N2O/c1-12(2)13-4-3-5-16(8-13)20-17-7-6-14(10-18)15(9-17)11-19/h3-9,12H,1-2H3. The second-order valence-corrected chi connectivity index (χ2v) is 4.76. The van der Waals surface area contributed by atoms with Crippen molar-refractivity contribution in [2.75, 3.05) is 0 Å². The van der Waals surface area contributed by atoms with Gasteiger partial charge >= 0.3 is 0 Å². The molecule has 0 atom stereocenters. The zero-order chi connectivity index (χ0) is 14.5. The maximum Gasteiger partial charge on any atom is 0.128 e. The normalized spacial score (nSPS) is 9.85. The van der Waals surface area contributed by atoms with E-state index in [9.17, 15) is 0 Å². The van der Waals surface area contributed by atoms with Crippen LogP contribution in [0.3, 0.4) is 0 Å². The fourth-order valence-corrected chi connectivity index (χ4v) is 1.85. The Morgan fingerprint density at radius 1 is 0.900 bits per heavy atom. The third-order valence-corrected chi connectivity index (χ3v) is 2.99. The van der Waals surface area contributed by atoms with Crippen LogP contribution in [0.1, 0.15) is 36.5 Å². The highest BCUT2D eigenvalue weighted by Crippen LogP contribution is 2.26. The first-order valence-electron chi connectivity index (χ1n) is 6.36. The molecule has 0 unspecified atom stereocenters. The van der Waals surface area contributed by atoms with E-state index in [-0.39, 0.29) is 0 Å². The van der Waals surface area contributed by atoms with Crippen molar-refractivity contribution in [3.8, 4) is 23.6 Å². The summed E-state index contributed by atoms with van der Waals surface area (Å²) in [5.74, 6) is 1.71. The molecule has 98 valence electrons. The van der Waals surface area contributed by atoms with E-state index < -0.39 is 0 Å². The van der Waals surface area contributed by atoms with Crippen molar-refractivity contribution in [2.45, 2.75) is 19.8 Å². The first-order chi connectivity index (χ1) is 9.63. The molecule has 2 rings (SSSR count). The first kappa shape index (κ1) is 13.6. The van der Waals surface area contributed by atoms with E-state index in [0.717, 1.165) is 5.75 Å². The zero-order valence-corrected chi connectivity index (χ0v) is 11.4. The molecule has 2 aromatic carbocycles. The van der Waals surface area contributed by atoms with Crippen LogP contribution in [0.25, 0.3) is 0 Å². The van der Waals surface area contributed by atoms with E-state index in [2.05, 4.69) is 19.9 Å². The largest absolute Gasteiger partial charge is 0.457 e. The van der Waals surface area contributed by atoms with Gasteiger partial charge in [-0.3, -0.25) is 0 Å². The van der Waals surface area contributed by atoms with Crippen LogP contribution in [0.2, 0.25) is 0 Å². The third kappa shape index (κ3) is 2.96. The molecule has 0 radical (unpaired) electrons. The lowest BCUT2D eigenvalue weighted by atomic mass is 10.0. The molecular formula is C17H14N2O. The summed E-state index contributed by atoms with van der Waals surface area (Å²) in [5.41, 5.74) is 1.87. The molecule has 0 heterocycles. The molecular weight excluding hydrogens is 248 g/mol. The zero-order valence-electron chi connectivity index (χ0n) is 11.4. The van der Waals surface area contributed by atoms with Crippen LogP contribution in [-0.2, 0) is 0 Å². The predicted molar refractivity (Wildman–Crippen MR) is 76.5 cm³/mol. The highest BCUT2D eigenvalue weighted by atomic mass is 16.5. The van der Waals surface area contributed by atoms with E-state index in [1.165, 1.54) is 5.56 Å². The lowest BCUT2D eigenvalue weighted by Gasteiger charge is -2.10. The summed E-state index contributed by atoms with van der Waals surface area (Å²) in [4.78, 5) is 0. The second kappa shape index (κ2) is 5.91. The van der Waals surface area contributed by atoms with Crippen molar-refractivity contribution in [1.82, 2.24) is 0 Å². The fraction of sp³-hybridized carbons (Fsp3) is 0.176. The van der Waals surface area contributed by atoms with Gasteiger partial charge < -0.3 is 4.74 Å². The Labute approximate surface area is 118 Å². The molecule has 0 aliphatic rings. The topological polar surface area (TPSA) is 56.8 Å². The van der Waals surface area contributed by atoms with Crippen molar-refractivity contribution in [3.05, 3.63) is 59.2 Å². The van der Waals surface area contributed by atoms with Crippen molar-refractivity contribution >= 4 is 0 Å². The lowest BCUT2D eigenvalue weighted by molar-refractivity contribution is 0.481. The summed E-state index contributed by atoms with van der Waals surface area (Å²) in [6.07, 6.45) is 0. The molecule has 0 aromatic heterocycles. The van der Waals surface area contributed by atoms with Crippen LogP contribution in [0.15, 0.2) is 42.5 Å². The molecule has 0 fully saturated rings. The van der Waals surface area contributed by atoms with E-state index in [1.54, 1.807) is 18.2 Å².